The van der Waals surface area contributed by atoms with E-state index in [9.17, 15) is 14.7 Å². The van der Waals surface area contributed by atoms with Gasteiger partial charge in [0.2, 0.25) is 5.43 Å². The molecule has 0 radical (unpaired) electrons. The van der Waals surface area contributed by atoms with E-state index in [1.165, 1.54) is 4.57 Å². The Kier molecular flexibility index (Phi) is 5.20. The number of aromatic nitrogens is 1. The van der Waals surface area contributed by atoms with Crippen LogP contribution in [-0.4, -0.2) is 51.8 Å². The van der Waals surface area contributed by atoms with E-state index in [-0.39, 0.29) is 35.4 Å². The van der Waals surface area contributed by atoms with Gasteiger partial charge in [0.1, 0.15) is 11.3 Å². The van der Waals surface area contributed by atoms with Crippen LogP contribution in [0.4, 0.5) is 20.2 Å². The van der Waals surface area contributed by atoms with Crippen LogP contribution in [0.15, 0.2) is 11.0 Å². The molecular formula is C22H28F2N4O3. The molecule has 1 aliphatic heterocycles. The molecule has 2 unspecified atom stereocenters. The first-order valence-corrected chi connectivity index (χ1v) is 10.7. The van der Waals surface area contributed by atoms with E-state index in [2.05, 4.69) is 18.7 Å². The van der Waals surface area contributed by atoms with Gasteiger partial charge in [0.05, 0.1) is 16.6 Å². The first kappa shape index (κ1) is 21.5. The van der Waals surface area contributed by atoms with E-state index in [1.807, 2.05) is 13.8 Å². The van der Waals surface area contributed by atoms with Crippen molar-refractivity contribution in [2.75, 3.05) is 23.7 Å². The minimum absolute atomic E-state index is 0.0551. The Morgan fingerprint density at radius 3 is 2.23 bits per heavy atom. The number of carbonyl (C=O) groups is 1. The Hall–Kier alpha value is -2.68. The lowest BCUT2D eigenvalue weighted by molar-refractivity contribution is 0.0694. The highest BCUT2D eigenvalue weighted by atomic mass is 19.1. The third kappa shape index (κ3) is 3.35. The van der Waals surface area contributed by atoms with Crippen molar-refractivity contribution in [3.8, 4) is 0 Å². The minimum atomic E-state index is -1.45. The molecule has 2 atom stereocenters. The molecular weight excluding hydrogens is 406 g/mol. The summed E-state index contributed by atoms with van der Waals surface area (Å²) in [6, 6.07) is 0.265. The second-order valence-electron chi connectivity index (χ2n) is 9.07. The van der Waals surface area contributed by atoms with Gasteiger partial charge in [-0.2, -0.15) is 0 Å². The molecule has 0 amide bonds. The number of hydrogen-bond acceptors (Lipinski definition) is 5. The number of benzene rings is 1. The second-order valence-corrected chi connectivity index (χ2v) is 9.07. The molecule has 1 saturated heterocycles. The molecule has 3 N–H and O–H groups in total. The standard InChI is InChI=1S/C22H28F2N4O3/c1-10(2)28-11(3)7-26(8-12(28)4)20-16(23)18(25)15-19(17(20)24)27(13-5-6-13)9-14(21(15)29)22(30)31/h9-13H,5-8,25H2,1-4H3,(H,30,31). The number of aromatic carboxylic acids is 1. The minimum Gasteiger partial charge on any atom is -0.477 e. The number of hydrogen-bond donors (Lipinski definition) is 2. The van der Waals surface area contributed by atoms with Crippen LogP contribution in [0.25, 0.3) is 10.9 Å². The van der Waals surface area contributed by atoms with Crippen LogP contribution >= 0.6 is 0 Å². The van der Waals surface area contributed by atoms with Gasteiger partial charge in [-0.25, -0.2) is 13.6 Å². The molecule has 1 aromatic heterocycles. The van der Waals surface area contributed by atoms with E-state index in [0.717, 1.165) is 19.0 Å². The van der Waals surface area contributed by atoms with Gasteiger partial charge in [-0.1, -0.05) is 0 Å². The average Bonchev–Trinajstić information content (AvgIpc) is 3.50. The average molecular weight is 434 g/mol. The summed E-state index contributed by atoms with van der Waals surface area (Å²) in [4.78, 5) is 28.3. The van der Waals surface area contributed by atoms with Crippen LogP contribution in [0.2, 0.25) is 0 Å². The van der Waals surface area contributed by atoms with Crippen LogP contribution in [0.1, 0.15) is 56.9 Å². The number of nitrogens with zero attached hydrogens (tertiary/aromatic N) is 3. The van der Waals surface area contributed by atoms with E-state index in [4.69, 9.17) is 5.73 Å². The Labute approximate surface area is 179 Å². The number of rotatable bonds is 4. The van der Waals surface area contributed by atoms with Crippen molar-refractivity contribution in [1.29, 1.82) is 0 Å². The van der Waals surface area contributed by atoms with Gasteiger partial charge >= 0.3 is 5.97 Å². The Balaban J connectivity index is 1.95. The monoisotopic (exact) mass is 434 g/mol. The number of nitrogens with two attached hydrogens (primary N) is 1. The quantitative estimate of drug-likeness (QED) is 0.718. The summed E-state index contributed by atoms with van der Waals surface area (Å²) in [5, 5.41) is 9.02. The molecule has 1 aliphatic carbocycles. The van der Waals surface area contributed by atoms with E-state index in [1.54, 1.807) is 4.90 Å². The topological polar surface area (TPSA) is 91.8 Å². The molecule has 4 rings (SSSR count). The number of carboxylic acids is 1. The first-order valence-electron chi connectivity index (χ1n) is 10.7. The number of piperazine rings is 1. The molecule has 1 aromatic carbocycles. The third-order valence-corrected chi connectivity index (χ3v) is 6.43. The number of fused-ring (bicyclic) bond motifs is 1. The zero-order valence-corrected chi connectivity index (χ0v) is 18.2. The third-order valence-electron chi connectivity index (χ3n) is 6.43. The SMILES string of the molecule is CC(C)N1C(C)CN(c2c(F)c(N)c3c(=O)c(C(=O)O)cn(C4CC4)c3c2F)CC1C. The summed E-state index contributed by atoms with van der Waals surface area (Å²) < 4.78 is 32.8. The molecule has 9 heteroatoms. The first-order chi connectivity index (χ1) is 14.5. The Morgan fingerprint density at radius 1 is 1.16 bits per heavy atom. The van der Waals surface area contributed by atoms with Crippen LogP contribution in [0.3, 0.4) is 0 Å². The van der Waals surface area contributed by atoms with Gasteiger partial charge < -0.3 is 20.3 Å². The fourth-order valence-corrected chi connectivity index (χ4v) is 5.16. The highest BCUT2D eigenvalue weighted by Gasteiger charge is 2.37. The lowest BCUT2D eigenvalue weighted by Crippen LogP contribution is -2.59. The molecule has 0 spiro atoms. The molecule has 0 bridgehead atoms. The maximum Gasteiger partial charge on any atom is 0.341 e. The molecule has 2 aliphatic rings. The highest BCUT2D eigenvalue weighted by Crippen LogP contribution is 2.42. The van der Waals surface area contributed by atoms with Crippen molar-refractivity contribution in [3.05, 3.63) is 33.6 Å². The van der Waals surface area contributed by atoms with Gasteiger partial charge in [-0.3, -0.25) is 9.69 Å². The largest absolute Gasteiger partial charge is 0.477 e. The number of halogens is 2. The van der Waals surface area contributed by atoms with Crippen molar-refractivity contribution < 1.29 is 18.7 Å². The maximum absolute atomic E-state index is 15.9. The van der Waals surface area contributed by atoms with Crippen LogP contribution in [0, 0.1) is 11.6 Å². The maximum atomic E-state index is 15.9. The number of carboxylic acid groups (broad SMARTS) is 1. The lowest BCUT2D eigenvalue weighted by atomic mass is 10.0. The molecule has 2 heterocycles. The van der Waals surface area contributed by atoms with Crippen LogP contribution in [0.5, 0.6) is 0 Å². The number of anilines is 2. The fraction of sp³-hybridized carbons (Fsp3) is 0.545. The van der Waals surface area contributed by atoms with E-state index in [0.29, 0.717) is 13.1 Å². The summed E-state index contributed by atoms with van der Waals surface area (Å²) in [6.45, 7) is 9.02. The molecule has 1 saturated carbocycles. The summed E-state index contributed by atoms with van der Waals surface area (Å²) in [6.07, 6.45) is 2.62. The summed E-state index contributed by atoms with van der Waals surface area (Å²) in [7, 11) is 0. The molecule has 2 fully saturated rings. The highest BCUT2D eigenvalue weighted by molar-refractivity contribution is 5.99. The van der Waals surface area contributed by atoms with Crippen molar-refractivity contribution in [2.24, 2.45) is 0 Å². The van der Waals surface area contributed by atoms with E-state index < -0.39 is 39.7 Å². The zero-order valence-electron chi connectivity index (χ0n) is 18.2. The van der Waals surface area contributed by atoms with Gasteiger partial charge in [-0.05, 0) is 40.5 Å². The van der Waals surface area contributed by atoms with Gasteiger partial charge in [0.25, 0.3) is 0 Å². The summed E-state index contributed by atoms with van der Waals surface area (Å²) in [5.74, 6) is -3.32. The molecule has 7 nitrogen and oxygen atoms in total. The summed E-state index contributed by atoms with van der Waals surface area (Å²) >= 11 is 0. The van der Waals surface area contributed by atoms with Crippen molar-refractivity contribution >= 4 is 28.2 Å². The number of nitrogen functional groups attached to an aromatic ring is 1. The summed E-state index contributed by atoms with van der Waals surface area (Å²) in [5.41, 5.74) is 3.65. The van der Waals surface area contributed by atoms with Gasteiger partial charge in [0, 0.05) is 43.5 Å². The zero-order chi connectivity index (χ0) is 22.8. The Bertz CT molecular complexity index is 1110. The lowest BCUT2D eigenvalue weighted by Gasteiger charge is -2.47. The van der Waals surface area contributed by atoms with E-state index >= 15 is 8.78 Å². The molecule has 2 aromatic rings. The van der Waals surface area contributed by atoms with Crippen molar-refractivity contribution in [1.82, 2.24) is 9.47 Å². The smallest absolute Gasteiger partial charge is 0.341 e. The Morgan fingerprint density at radius 2 is 1.74 bits per heavy atom. The van der Waals surface area contributed by atoms with Crippen LogP contribution < -0.4 is 16.1 Å². The number of pyridine rings is 1. The van der Waals surface area contributed by atoms with Gasteiger partial charge in [-0.15, -0.1) is 0 Å². The normalized spacial score (nSPS) is 22.5. The predicted molar refractivity (Wildman–Crippen MR) is 116 cm³/mol. The van der Waals surface area contributed by atoms with Gasteiger partial charge in [0.15, 0.2) is 11.6 Å². The fourth-order valence-electron chi connectivity index (χ4n) is 5.16. The van der Waals surface area contributed by atoms with Crippen LogP contribution in [-0.2, 0) is 0 Å². The van der Waals surface area contributed by atoms with Crippen molar-refractivity contribution in [2.45, 2.75) is 64.7 Å². The predicted octanol–water partition coefficient (Wildman–Crippen LogP) is 3.20. The second kappa shape index (κ2) is 7.47. The molecule has 31 heavy (non-hydrogen) atoms. The molecule has 168 valence electrons. The van der Waals surface area contributed by atoms with Crippen molar-refractivity contribution in [3.63, 3.8) is 0 Å².